The average Bonchev–Trinajstić information content (AvgIpc) is 2.43. The molecule has 0 fully saturated rings. The lowest BCUT2D eigenvalue weighted by Crippen LogP contribution is -2.13. The van der Waals surface area contributed by atoms with Crippen LogP contribution in [0.4, 0.5) is 0 Å². The minimum Gasteiger partial charge on any atom is -0.0877 e. The van der Waals surface area contributed by atoms with Gasteiger partial charge in [0.1, 0.15) is 0 Å². The second-order valence-electron chi connectivity index (χ2n) is 6.05. The Morgan fingerprint density at radius 1 is 1.22 bits per heavy atom. The molecule has 0 unspecified atom stereocenters. The summed E-state index contributed by atoms with van der Waals surface area (Å²) in [5.74, 6) is 0. The largest absolute Gasteiger partial charge is 0.0877 e. The molecule has 0 N–H and O–H groups in total. The minimum atomic E-state index is 0.331. The van der Waals surface area contributed by atoms with E-state index in [4.69, 9.17) is 0 Å². The molecule has 0 aliphatic heterocycles. The van der Waals surface area contributed by atoms with Gasteiger partial charge in [-0.1, -0.05) is 61.8 Å². The van der Waals surface area contributed by atoms with E-state index in [1.807, 2.05) is 0 Å². The van der Waals surface area contributed by atoms with E-state index < -0.39 is 0 Å². The minimum absolute atomic E-state index is 0.331. The van der Waals surface area contributed by atoms with E-state index in [0.717, 1.165) is 0 Å². The maximum Gasteiger partial charge on any atom is -0.0104 e. The fourth-order valence-electron chi connectivity index (χ4n) is 2.69. The Hall–Kier alpha value is -1.04. The summed E-state index contributed by atoms with van der Waals surface area (Å²) in [5, 5.41) is 0. The molecular weight excluding hydrogens is 216 g/mol. The molecule has 0 spiro atoms. The van der Waals surface area contributed by atoms with Crippen molar-refractivity contribution in [2.45, 2.75) is 60.3 Å². The molecule has 1 rings (SSSR count). The van der Waals surface area contributed by atoms with E-state index in [2.05, 4.69) is 65.0 Å². The van der Waals surface area contributed by atoms with Crippen LogP contribution in [0.1, 0.15) is 60.3 Å². The Bertz CT molecular complexity index is 386. The van der Waals surface area contributed by atoms with Crippen molar-refractivity contribution in [3.63, 3.8) is 0 Å². The monoisotopic (exact) mass is 244 g/mol. The van der Waals surface area contributed by atoms with Crippen LogP contribution < -0.4 is 0 Å². The van der Waals surface area contributed by atoms with Crippen LogP contribution in [-0.4, -0.2) is 0 Å². The Kier molecular flexibility index (Phi) is 5.65. The first kappa shape index (κ1) is 15.0. The summed E-state index contributed by atoms with van der Waals surface area (Å²) in [5.41, 5.74) is 4.77. The second kappa shape index (κ2) is 6.78. The predicted octanol–water partition coefficient (Wildman–Crippen LogP) is 5.98. The zero-order chi connectivity index (χ0) is 13.6. The smallest absolute Gasteiger partial charge is 0.0104 e. The van der Waals surface area contributed by atoms with Gasteiger partial charge in [0.05, 0.1) is 0 Å². The van der Waals surface area contributed by atoms with Crippen molar-refractivity contribution in [3.8, 4) is 0 Å². The van der Waals surface area contributed by atoms with Crippen molar-refractivity contribution >= 4 is 0 Å². The van der Waals surface area contributed by atoms with Crippen LogP contribution in [-0.2, 0) is 0 Å². The summed E-state index contributed by atoms with van der Waals surface area (Å²) in [6.45, 7) is 11.3. The summed E-state index contributed by atoms with van der Waals surface area (Å²) in [6.07, 6.45) is 16.2. The first-order valence-electron chi connectivity index (χ1n) is 7.15. The molecule has 100 valence electrons. The fourth-order valence-corrected chi connectivity index (χ4v) is 2.69. The maximum absolute atomic E-state index is 2.38. The molecule has 0 saturated heterocycles. The van der Waals surface area contributed by atoms with Gasteiger partial charge >= 0.3 is 0 Å². The van der Waals surface area contributed by atoms with E-state index in [9.17, 15) is 0 Å². The predicted molar refractivity (Wildman–Crippen MR) is 82.7 cm³/mol. The van der Waals surface area contributed by atoms with Crippen molar-refractivity contribution in [1.82, 2.24) is 0 Å². The molecule has 0 bridgehead atoms. The fraction of sp³-hybridized carbons (Fsp3) is 0.556. The maximum atomic E-state index is 2.38. The lowest BCUT2D eigenvalue weighted by Gasteiger charge is -2.26. The zero-order valence-corrected chi connectivity index (χ0v) is 12.7. The summed E-state index contributed by atoms with van der Waals surface area (Å²) < 4.78 is 0. The number of hydrogen-bond acceptors (Lipinski definition) is 0. The Morgan fingerprint density at radius 3 is 2.61 bits per heavy atom. The van der Waals surface area contributed by atoms with Gasteiger partial charge in [-0.05, 0) is 51.0 Å². The van der Waals surface area contributed by atoms with Gasteiger partial charge < -0.3 is 0 Å². The standard InChI is InChI=1S/C18H28/c1-6-7-10-15(2)12-13-17-16(3)11-8-9-14-18(17,4)5/h6-7,10,12-13H,8-9,11,14H2,1-5H3/b7-6+,13-12+,15-10+. The molecule has 18 heavy (non-hydrogen) atoms. The summed E-state index contributed by atoms with van der Waals surface area (Å²) in [7, 11) is 0. The van der Waals surface area contributed by atoms with Crippen molar-refractivity contribution < 1.29 is 0 Å². The molecule has 0 saturated carbocycles. The highest BCUT2D eigenvalue weighted by Gasteiger charge is 2.24. The lowest BCUT2D eigenvalue weighted by molar-refractivity contribution is 0.407. The van der Waals surface area contributed by atoms with E-state index >= 15 is 0 Å². The molecule has 0 aromatic rings. The Morgan fingerprint density at radius 2 is 1.94 bits per heavy atom. The zero-order valence-electron chi connectivity index (χ0n) is 12.7. The van der Waals surface area contributed by atoms with Gasteiger partial charge in [-0.3, -0.25) is 0 Å². The molecule has 0 heteroatoms. The average molecular weight is 244 g/mol. The van der Waals surface area contributed by atoms with Crippen LogP contribution >= 0.6 is 0 Å². The normalized spacial score (nSPS) is 21.9. The number of rotatable bonds is 3. The summed E-state index contributed by atoms with van der Waals surface area (Å²) >= 11 is 0. The first-order chi connectivity index (χ1) is 8.47. The van der Waals surface area contributed by atoms with Gasteiger partial charge in [-0.2, -0.15) is 0 Å². The third kappa shape index (κ3) is 4.33. The van der Waals surface area contributed by atoms with Gasteiger partial charge in [-0.25, -0.2) is 0 Å². The van der Waals surface area contributed by atoms with Crippen LogP contribution in [0.3, 0.4) is 0 Å². The Labute approximate surface area is 113 Å². The van der Waals surface area contributed by atoms with E-state index in [0.29, 0.717) is 5.41 Å². The molecule has 0 aromatic carbocycles. The van der Waals surface area contributed by atoms with E-state index in [-0.39, 0.29) is 0 Å². The Balaban J connectivity index is 2.94. The van der Waals surface area contributed by atoms with Gasteiger partial charge in [0, 0.05) is 0 Å². The van der Waals surface area contributed by atoms with Gasteiger partial charge in [-0.15, -0.1) is 0 Å². The number of hydrogen-bond donors (Lipinski definition) is 0. The van der Waals surface area contributed by atoms with Crippen LogP contribution in [0.5, 0.6) is 0 Å². The molecule has 0 amide bonds. The summed E-state index contributed by atoms with van der Waals surface area (Å²) in [6, 6.07) is 0. The first-order valence-corrected chi connectivity index (χ1v) is 7.15. The molecule has 0 nitrogen and oxygen atoms in total. The molecule has 0 heterocycles. The molecule has 1 aliphatic rings. The molecule has 1 aliphatic carbocycles. The molecule has 0 aromatic heterocycles. The van der Waals surface area contributed by atoms with Crippen LogP contribution in [0.15, 0.2) is 47.1 Å². The summed E-state index contributed by atoms with van der Waals surface area (Å²) in [4.78, 5) is 0. The number of allylic oxidation sites excluding steroid dienone is 8. The third-order valence-electron chi connectivity index (χ3n) is 3.86. The molecular formula is C18H28. The van der Waals surface area contributed by atoms with Crippen molar-refractivity contribution in [3.05, 3.63) is 47.1 Å². The highest BCUT2D eigenvalue weighted by atomic mass is 14.3. The van der Waals surface area contributed by atoms with Crippen molar-refractivity contribution in [2.75, 3.05) is 0 Å². The topological polar surface area (TPSA) is 0 Å². The third-order valence-corrected chi connectivity index (χ3v) is 3.86. The van der Waals surface area contributed by atoms with Crippen molar-refractivity contribution in [1.29, 1.82) is 0 Å². The highest BCUT2D eigenvalue weighted by Crippen LogP contribution is 2.39. The van der Waals surface area contributed by atoms with Gasteiger partial charge in [0.15, 0.2) is 0 Å². The van der Waals surface area contributed by atoms with E-state index in [1.54, 1.807) is 11.1 Å². The lowest BCUT2D eigenvalue weighted by atomic mass is 9.79. The van der Waals surface area contributed by atoms with Crippen molar-refractivity contribution in [2.24, 2.45) is 5.41 Å². The van der Waals surface area contributed by atoms with Crippen LogP contribution in [0.25, 0.3) is 0 Å². The quantitative estimate of drug-likeness (QED) is 0.535. The highest BCUT2D eigenvalue weighted by molar-refractivity contribution is 5.35. The molecule has 0 atom stereocenters. The van der Waals surface area contributed by atoms with Crippen LogP contribution in [0.2, 0.25) is 0 Å². The second-order valence-corrected chi connectivity index (χ2v) is 6.05. The van der Waals surface area contributed by atoms with E-state index in [1.165, 1.54) is 31.3 Å². The van der Waals surface area contributed by atoms with Gasteiger partial charge in [0.25, 0.3) is 0 Å². The van der Waals surface area contributed by atoms with Gasteiger partial charge in [0.2, 0.25) is 0 Å². The molecule has 0 radical (unpaired) electrons. The SMILES string of the molecule is C/C=C/C=C(C)/C=C/C1=C(C)CCCCC1(C)C. The van der Waals surface area contributed by atoms with Crippen LogP contribution in [0, 0.1) is 5.41 Å².